The van der Waals surface area contributed by atoms with E-state index >= 15 is 0 Å². The number of nitrogens with two attached hydrogens (primary N) is 1. The minimum Gasteiger partial charge on any atom is -0.406 e. The smallest absolute Gasteiger partial charge is 0.406 e. The first-order chi connectivity index (χ1) is 14.1. The molecular formula is C19H20F3N3O4S. The van der Waals surface area contributed by atoms with Crippen molar-refractivity contribution in [3.8, 4) is 5.75 Å². The van der Waals surface area contributed by atoms with E-state index in [0.29, 0.717) is 18.5 Å². The van der Waals surface area contributed by atoms with E-state index in [1.165, 1.54) is 4.31 Å². The molecule has 0 atom stereocenters. The second-order valence-corrected chi connectivity index (χ2v) is 8.49. The largest absolute Gasteiger partial charge is 0.573 e. The van der Waals surface area contributed by atoms with Crippen LogP contribution in [-0.4, -0.2) is 37.9 Å². The van der Waals surface area contributed by atoms with Gasteiger partial charge in [0.25, 0.3) is 0 Å². The van der Waals surface area contributed by atoms with Gasteiger partial charge in [-0.05, 0) is 30.3 Å². The summed E-state index contributed by atoms with van der Waals surface area (Å²) in [5.41, 5.74) is 7.97. The van der Waals surface area contributed by atoms with E-state index < -0.39 is 22.1 Å². The fourth-order valence-corrected chi connectivity index (χ4v) is 4.34. The number of nitrogen functional groups attached to an aromatic ring is 1. The fourth-order valence-electron chi connectivity index (χ4n) is 2.90. The third-order valence-electron chi connectivity index (χ3n) is 4.46. The van der Waals surface area contributed by atoms with Gasteiger partial charge in [0.05, 0.1) is 10.6 Å². The van der Waals surface area contributed by atoms with Crippen LogP contribution in [0.3, 0.4) is 0 Å². The van der Waals surface area contributed by atoms with Crippen molar-refractivity contribution in [2.45, 2.75) is 30.7 Å². The highest BCUT2D eigenvalue weighted by Crippen LogP contribution is 2.26. The van der Waals surface area contributed by atoms with E-state index in [9.17, 15) is 21.6 Å². The van der Waals surface area contributed by atoms with Gasteiger partial charge in [0, 0.05) is 37.2 Å². The zero-order chi connectivity index (χ0) is 21.8. The molecule has 3 rings (SSSR count). The van der Waals surface area contributed by atoms with Crippen molar-refractivity contribution in [1.82, 2.24) is 4.31 Å². The number of ether oxygens (including phenoxy) is 1. The van der Waals surface area contributed by atoms with Crippen molar-refractivity contribution < 1.29 is 31.2 Å². The van der Waals surface area contributed by atoms with Crippen LogP contribution in [0.4, 0.5) is 18.9 Å². The highest BCUT2D eigenvalue weighted by Gasteiger charge is 2.32. The summed E-state index contributed by atoms with van der Waals surface area (Å²) in [5, 5.41) is 4.07. The molecule has 1 saturated heterocycles. The van der Waals surface area contributed by atoms with Crippen LogP contribution in [0.15, 0.2) is 58.6 Å². The molecule has 0 radical (unpaired) electrons. The Morgan fingerprint density at radius 3 is 2.27 bits per heavy atom. The molecule has 1 aliphatic rings. The molecule has 1 heterocycles. The summed E-state index contributed by atoms with van der Waals surface area (Å²) in [7, 11) is -3.83. The summed E-state index contributed by atoms with van der Waals surface area (Å²) < 4.78 is 67.1. The van der Waals surface area contributed by atoms with Gasteiger partial charge >= 0.3 is 6.36 Å². The van der Waals surface area contributed by atoms with E-state index in [-0.39, 0.29) is 24.6 Å². The van der Waals surface area contributed by atoms with Crippen molar-refractivity contribution >= 4 is 21.4 Å². The van der Waals surface area contributed by atoms with Gasteiger partial charge in [-0.3, -0.25) is 0 Å². The molecule has 2 aromatic carbocycles. The zero-order valence-electron chi connectivity index (χ0n) is 15.8. The van der Waals surface area contributed by atoms with Crippen LogP contribution in [0.1, 0.15) is 18.4 Å². The Morgan fingerprint density at radius 1 is 1.03 bits per heavy atom. The molecule has 1 aliphatic heterocycles. The lowest BCUT2D eigenvalue weighted by Crippen LogP contribution is -2.38. The van der Waals surface area contributed by atoms with Gasteiger partial charge in [0.2, 0.25) is 10.0 Å². The number of halogens is 3. The summed E-state index contributed by atoms with van der Waals surface area (Å²) >= 11 is 0. The lowest BCUT2D eigenvalue weighted by atomic mass is 10.1. The van der Waals surface area contributed by atoms with Crippen molar-refractivity contribution in [3.05, 3.63) is 54.1 Å². The van der Waals surface area contributed by atoms with E-state index in [1.54, 1.807) is 6.07 Å². The first kappa shape index (κ1) is 21.9. The lowest BCUT2D eigenvalue weighted by molar-refractivity contribution is -0.274. The molecule has 2 aromatic rings. The van der Waals surface area contributed by atoms with Gasteiger partial charge in [-0.2, -0.15) is 4.31 Å². The Hall–Kier alpha value is -2.79. The van der Waals surface area contributed by atoms with Crippen molar-refractivity contribution in [2.75, 3.05) is 18.8 Å². The summed E-state index contributed by atoms with van der Waals surface area (Å²) in [6, 6.07) is 11.4. The van der Waals surface area contributed by atoms with Crippen LogP contribution in [0.25, 0.3) is 0 Å². The summed E-state index contributed by atoms with van der Waals surface area (Å²) in [5.74, 6) is -0.481. The highest BCUT2D eigenvalue weighted by molar-refractivity contribution is 7.89. The SMILES string of the molecule is Nc1ccccc1CON=C1CCN(S(=O)(=O)c2ccc(OC(F)(F)F)cc2)CC1. The molecule has 0 aromatic heterocycles. The fraction of sp³-hybridized carbons (Fsp3) is 0.316. The van der Waals surface area contributed by atoms with Crippen molar-refractivity contribution in [1.29, 1.82) is 0 Å². The third kappa shape index (κ3) is 5.63. The Morgan fingerprint density at radius 2 is 1.67 bits per heavy atom. The predicted octanol–water partition coefficient (Wildman–Crippen LogP) is 3.52. The quantitative estimate of drug-likeness (QED) is 0.545. The summed E-state index contributed by atoms with van der Waals surface area (Å²) in [6.45, 7) is 0.599. The van der Waals surface area contributed by atoms with Gasteiger partial charge in [0.15, 0.2) is 0 Å². The number of rotatable bonds is 6. The number of sulfonamides is 1. The van der Waals surface area contributed by atoms with Gasteiger partial charge < -0.3 is 15.3 Å². The topological polar surface area (TPSA) is 94.2 Å². The molecule has 0 bridgehead atoms. The Balaban J connectivity index is 1.56. The maximum absolute atomic E-state index is 12.7. The van der Waals surface area contributed by atoms with Crippen LogP contribution >= 0.6 is 0 Å². The molecule has 0 aliphatic carbocycles. The Labute approximate surface area is 171 Å². The van der Waals surface area contributed by atoms with Crippen molar-refractivity contribution in [2.24, 2.45) is 5.16 Å². The highest BCUT2D eigenvalue weighted by atomic mass is 32.2. The van der Waals surface area contributed by atoms with Gasteiger partial charge in [-0.1, -0.05) is 23.4 Å². The second kappa shape index (κ2) is 8.92. The maximum Gasteiger partial charge on any atom is 0.573 e. The van der Waals surface area contributed by atoms with Crippen LogP contribution in [0.5, 0.6) is 5.75 Å². The number of piperidine rings is 1. The standard InChI is InChI=1S/C19H20F3N3O4S/c20-19(21,22)29-16-5-7-17(8-6-16)30(26,27)25-11-9-15(10-12-25)24-28-13-14-3-1-2-4-18(14)23/h1-8H,9-13,23H2. The molecular weight excluding hydrogens is 423 g/mol. The number of para-hydroxylation sites is 1. The molecule has 0 amide bonds. The van der Waals surface area contributed by atoms with Crippen LogP contribution in [-0.2, 0) is 21.5 Å². The number of hydrogen-bond acceptors (Lipinski definition) is 6. The van der Waals surface area contributed by atoms with Crippen LogP contribution in [0.2, 0.25) is 0 Å². The number of benzene rings is 2. The van der Waals surface area contributed by atoms with Gasteiger partial charge in [-0.15, -0.1) is 13.2 Å². The van der Waals surface area contributed by atoms with Crippen molar-refractivity contribution in [3.63, 3.8) is 0 Å². The molecule has 30 heavy (non-hydrogen) atoms. The maximum atomic E-state index is 12.7. The molecule has 0 spiro atoms. The average molecular weight is 443 g/mol. The monoisotopic (exact) mass is 443 g/mol. The van der Waals surface area contributed by atoms with Crippen LogP contribution in [0, 0.1) is 0 Å². The molecule has 0 saturated carbocycles. The molecule has 1 fully saturated rings. The first-order valence-electron chi connectivity index (χ1n) is 9.02. The Kier molecular flexibility index (Phi) is 6.52. The number of hydrogen-bond donors (Lipinski definition) is 1. The average Bonchev–Trinajstić information content (AvgIpc) is 2.69. The molecule has 7 nitrogen and oxygen atoms in total. The van der Waals surface area contributed by atoms with Gasteiger partial charge in [0.1, 0.15) is 12.4 Å². The van der Waals surface area contributed by atoms with E-state index in [1.807, 2.05) is 18.2 Å². The number of anilines is 1. The third-order valence-corrected chi connectivity index (χ3v) is 6.38. The van der Waals surface area contributed by atoms with E-state index in [2.05, 4.69) is 9.89 Å². The minimum absolute atomic E-state index is 0.104. The summed E-state index contributed by atoms with van der Waals surface area (Å²) in [4.78, 5) is 5.23. The molecule has 11 heteroatoms. The molecule has 2 N–H and O–H groups in total. The second-order valence-electron chi connectivity index (χ2n) is 6.55. The molecule has 162 valence electrons. The molecule has 0 unspecified atom stereocenters. The van der Waals surface area contributed by atoms with E-state index in [4.69, 9.17) is 10.6 Å². The number of nitrogens with zero attached hydrogens (tertiary/aromatic N) is 2. The first-order valence-corrected chi connectivity index (χ1v) is 10.5. The van der Waals surface area contributed by atoms with E-state index in [0.717, 1.165) is 35.5 Å². The summed E-state index contributed by atoms with van der Waals surface area (Å²) in [6.07, 6.45) is -4.06. The Bertz CT molecular complexity index is 998. The number of alkyl halides is 3. The predicted molar refractivity (Wildman–Crippen MR) is 104 cm³/mol. The normalized spacial score (nSPS) is 15.6. The lowest BCUT2D eigenvalue weighted by Gasteiger charge is -2.26. The van der Waals surface area contributed by atoms with Crippen LogP contribution < -0.4 is 10.5 Å². The number of oxime groups is 1. The minimum atomic E-state index is -4.84. The zero-order valence-corrected chi connectivity index (χ0v) is 16.6. The van der Waals surface area contributed by atoms with Gasteiger partial charge in [-0.25, -0.2) is 8.42 Å².